The highest BCUT2D eigenvalue weighted by Gasteiger charge is 2.40. The van der Waals surface area contributed by atoms with Crippen LogP contribution in [0.2, 0.25) is 0 Å². The van der Waals surface area contributed by atoms with E-state index in [1.54, 1.807) is 6.08 Å². The van der Waals surface area contributed by atoms with E-state index in [0.717, 1.165) is 65.3 Å². The molecule has 5 heteroatoms. The molecule has 2 heterocycles. The third-order valence-corrected chi connectivity index (χ3v) is 6.44. The summed E-state index contributed by atoms with van der Waals surface area (Å²) in [5.74, 6) is -0.0319. The third kappa shape index (κ3) is 4.90. The van der Waals surface area contributed by atoms with Crippen LogP contribution in [0.5, 0.6) is 0 Å². The molecule has 4 nitrogen and oxygen atoms in total. The molecule has 1 atom stereocenters. The van der Waals surface area contributed by atoms with E-state index in [1.165, 1.54) is 5.56 Å². The number of allylic oxidation sites excluding steroid dienone is 2. The Morgan fingerprint density at radius 2 is 1.82 bits per heavy atom. The zero-order chi connectivity index (χ0) is 19.2. The fraction of sp³-hybridized carbons (Fsp3) is 0.565. The Balaban J connectivity index is 1.34. The lowest BCUT2D eigenvalue weighted by Gasteiger charge is -2.50. The molecule has 1 aromatic rings. The molecule has 1 unspecified atom stereocenters. The summed E-state index contributed by atoms with van der Waals surface area (Å²) in [6.45, 7) is 7.93. The Morgan fingerprint density at radius 3 is 2.54 bits per heavy atom. The molecule has 0 saturated carbocycles. The lowest BCUT2D eigenvalue weighted by Crippen LogP contribution is -2.63. The van der Waals surface area contributed by atoms with E-state index in [-0.39, 0.29) is 17.4 Å². The minimum absolute atomic E-state index is 0.0319. The molecule has 28 heavy (non-hydrogen) atoms. The molecule has 2 fully saturated rings. The van der Waals surface area contributed by atoms with Crippen LogP contribution in [0.3, 0.4) is 0 Å². The maximum absolute atomic E-state index is 13.6. The number of halogens is 1. The molecule has 0 bridgehead atoms. The van der Waals surface area contributed by atoms with Crippen molar-refractivity contribution in [1.82, 2.24) is 15.1 Å². The summed E-state index contributed by atoms with van der Waals surface area (Å²) in [5.41, 5.74) is 1.51. The fourth-order valence-electron chi connectivity index (χ4n) is 4.68. The summed E-state index contributed by atoms with van der Waals surface area (Å²) in [6.07, 6.45) is 8.03. The molecule has 0 radical (unpaired) electrons. The predicted molar refractivity (Wildman–Crippen MR) is 111 cm³/mol. The second-order valence-electron chi connectivity index (χ2n) is 8.28. The first-order valence-electron chi connectivity index (χ1n) is 10.6. The molecule has 2 aliphatic heterocycles. The summed E-state index contributed by atoms with van der Waals surface area (Å²) in [5, 5.41) is 3.63. The van der Waals surface area contributed by atoms with Crippen molar-refractivity contribution in [2.45, 2.75) is 37.4 Å². The van der Waals surface area contributed by atoms with Gasteiger partial charge in [-0.2, -0.15) is 0 Å². The van der Waals surface area contributed by atoms with Gasteiger partial charge in [0.1, 0.15) is 5.83 Å². The zero-order valence-corrected chi connectivity index (χ0v) is 16.7. The van der Waals surface area contributed by atoms with Crippen molar-refractivity contribution in [3.63, 3.8) is 0 Å². The SMILES string of the molecule is FC1=CC=CC(NCC2(N3CCN(Cc4ccccc4)CC3)CCOCC2)C1. The van der Waals surface area contributed by atoms with Crippen molar-refractivity contribution in [2.75, 3.05) is 45.9 Å². The van der Waals surface area contributed by atoms with Crippen molar-refractivity contribution in [3.8, 4) is 0 Å². The molecule has 0 aromatic heterocycles. The monoisotopic (exact) mass is 385 g/mol. The number of piperazine rings is 1. The van der Waals surface area contributed by atoms with Gasteiger partial charge in [-0.05, 0) is 24.5 Å². The maximum atomic E-state index is 13.6. The van der Waals surface area contributed by atoms with Crippen molar-refractivity contribution < 1.29 is 9.13 Å². The highest BCUT2D eigenvalue weighted by molar-refractivity contribution is 5.18. The summed E-state index contributed by atoms with van der Waals surface area (Å²) in [4.78, 5) is 5.22. The van der Waals surface area contributed by atoms with Crippen LogP contribution in [0.4, 0.5) is 4.39 Å². The Morgan fingerprint density at radius 1 is 1.07 bits per heavy atom. The Hall–Kier alpha value is -1.53. The van der Waals surface area contributed by atoms with Gasteiger partial charge < -0.3 is 10.1 Å². The molecule has 4 rings (SSSR count). The summed E-state index contributed by atoms with van der Waals surface area (Å²) >= 11 is 0. The molecule has 1 aromatic carbocycles. The van der Waals surface area contributed by atoms with Gasteiger partial charge in [-0.15, -0.1) is 0 Å². The summed E-state index contributed by atoms with van der Waals surface area (Å²) < 4.78 is 19.3. The Labute approximate surface area is 168 Å². The topological polar surface area (TPSA) is 27.7 Å². The van der Waals surface area contributed by atoms with Gasteiger partial charge in [-0.3, -0.25) is 9.80 Å². The van der Waals surface area contributed by atoms with Crippen molar-refractivity contribution in [3.05, 3.63) is 60.0 Å². The Kier molecular flexibility index (Phi) is 6.58. The van der Waals surface area contributed by atoms with E-state index in [2.05, 4.69) is 51.5 Å². The van der Waals surface area contributed by atoms with Crippen LogP contribution in [0.15, 0.2) is 54.4 Å². The highest BCUT2D eigenvalue weighted by atomic mass is 19.1. The lowest BCUT2D eigenvalue weighted by molar-refractivity contribution is -0.0478. The second kappa shape index (κ2) is 9.31. The van der Waals surface area contributed by atoms with Gasteiger partial charge in [0.2, 0.25) is 0 Å². The molecular weight excluding hydrogens is 353 g/mol. The normalized spacial score (nSPS) is 26.2. The van der Waals surface area contributed by atoms with E-state index in [9.17, 15) is 4.39 Å². The number of hydrogen-bond donors (Lipinski definition) is 1. The van der Waals surface area contributed by atoms with Crippen molar-refractivity contribution in [2.24, 2.45) is 0 Å². The van der Waals surface area contributed by atoms with Crippen molar-refractivity contribution >= 4 is 0 Å². The minimum Gasteiger partial charge on any atom is -0.381 e. The lowest BCUT2D eigenvalue weighted by atomic mass is 9.86. The van der Waals surface area contributed by atoms with Crippen LogP contribution in [0.1, 0.15) is 24.8 Å². The molecule has 3 aliphatic rings. The van der Waals surface area contributed by atoms with Gasteiger partial charge in [0.25, 0.3) is 0 Å². The predicted octanol–water partition coefficient (Wildman–Crippen LogP) is 3.12. The quantitative estimate of drug-likeness (QED) is 0.814. The van der Waals surface area contributed by atoms with Crippen LogP contribution in [-0.2, 0) is 11.3 Å². The van der Waals surface area contributed by atoms with Crippen LogP contribution in [0.25, 0.3) is 0 Å². The number of nitrogens with zero attached hydrogens (tertiary/aromatic N) is 2. The third-order valence-electron chi connectivity index (χ3n) is 6.44. The Bertz CT molecular complexity index is 676. The fourth-order valence-corrected chi connectivity index (χ4v) is 4.68. The average molecular weight is 386 g/mol. The number of nitrogens with one attached hydrogen (secondary N) is 1. The van der Waals surface area contributed by atoms with E-state index < -0.39 is 0 Å². The first-order valence-corrected chi connectivity index (χ1v) is 10.6. The molecule has 1 aliphatic carbocycles. The number of rotatable bonds is 6. The smallest absolute Gasteiger partial charge is 0.102 e. The number of benzene rings is 1. The molecule has 1 N–H and O–H groups in total. The standard InChI is InChI=1S/C23H32FN3O/c24-21-7-4-8-22(17-21)25-19-23(9-15-28-16-10-23)27-13-11-26(12-14-27)18-20-5-2-1-3-6-20/h1-8,22,25H,9-19H2. The zero-order valence-electron chi connectivity index (χ0n) is 16.7. The van der Waals surface area contributed by atoms with E-state index in [0.29, 0.717) is 6.42 Å². The van der Waals surface area contributed by atoms with Crippen LogP contribution in [-0.4, -0.2) is 67.3 Å². The molecule has 0 spiro atoms. The van der Waals surface area contributed by atoms with Gasteiger partial charge >= 0.3 is 0 Å². The van der Waals surface area contributed by atoms with E-state index in [1.807, 2.05) is 6.08 Å². The van der Waals surface area contributed by atoms with Crippen LogP contribution in [0, 0.1) is 0 Å². The number of ether oxygens (including phenoxy) is 1. The van der Waals surface area contributed by atoms with Crippen LogP contribution < -0.4 is 5.32 Å². The summed E-state index contributed by atoms with van der Waals surface area (Å²) in [6, 6.07) is 10.8. The largest absolute Gasteiger partial charge is 0.381 e. The number of hydrogen-bond acceptors (Lipinski definition) is 4. The van der Waals surface area contributed by atoms with Crippen LogP contribution >= 0.6 is 0 Å². The minimum atomic E-state index is -0.0319. The van der Waals surface area contributed by atoms with Gasteiger partial charge in [0, 0.05) is 70.5 Å². The first kappa shape index (κ1) is 19.8. The van der Waals surface area contributed by atoms with Gasteiger partial charge in [-0.1, -0.05) is 42.5 Å². The van der Waals surface area contributed by atoms with E-state index in [4.69, 9.17) is 4.74 Å². The maximum Gasteiger partial charge on any atom is 0.102 e. The molecule has 2 saturated heterocycles. The first-order chi connectivity index (χ1) is 13.7. The summed E-state index contributed by atoms with van der Waals surface area (Å²) in [7, 11) is 0. The average Bonchev–Trinajstić information content (AvgIpc) is 2.74. The second-order valence-corrected chi connectivity index (χ2v) is 8.28. The van der Waals surface area contributed by atoms with E-state index >= 15 is 0 Å². The molecule has 0 amide bonds. The highest BCUT2D eigenvalue weighted by Crippen LogP contribution is 2.29. The molecular formula is C23H32FN3O. The van der Waals surface area contributed by atoms with Crippen molar-refractivity contribution in [1.29, 1.82) is 0 Å². The van der Waals surface area contributed by atoms with Gasteiger partial charge in [-0.25, -0.2) is 4.39 Å². The van der Waals surface area contributed by atoms with Gasteiger partial charge in [0.15, 0.2) is 0 Å². The van der Waals surface area contributed by atoms with Gasteiger partial charge in [0.05, 0.1) is 0 Å². The molecule has 152 valence electrons.